The number of nitrogens with one attached hydrogen (secondary N) is 2. The predicted molar refractivity (Wildman–Crippen MR) is 76.7 cm³/mol. The molecule has 0 aromatic heterocycles. The molecule has 0 unspecified atom stereocenters. The lowest BCUT2D eigenvalue weighted by atomic mass is 10.0. The molecule has 1 saturated heterocycles. The van der Waals surface area contributed by atoms with E-state index in [9.17, 15) is 0 Å². The largest absolute Gasteiger partial charge is 0.318 e. The molecule has 0 saturated carbocycles. The smallest absolute Gasteiger partial charge is 0.0208 e. The first-order valence-corrected chi connectivity index (χ1v) is 7.03. The normalized spacial score (nSPS) is 18.1. The topological polar surface area (TPSA) is 27.3 Å². The fourth-order valence-electron chi connectivity index (χ4n) is 2.49. The standard InChI is InChI=1S/C15H25N3/c1-16-9-12-18-10-7-15(8-11-18)17-13-14-5-3-2-4-6-14/h2-6,15-17H,7-13H2,1H3. The number of piperidine rings is 1. The summed E-state index contributed by atoms with van der Waals surface area (Å²) in [5, 5.41) is 6.89. The van der Waals surface area contributed by atoms with Crippen LogP contribution in [0.2, 0.25) is 0 Å². The Morgan fingerprint density at radius 3 is 2.56 bits per heavy atom. The van der Waals surface area contributed by atoms with Crippen LogP contribution in [0.25, 0.3) is 0 Å². The first-order valence-electron chi connectivity index (χ1n) is 7.03. The van der Waals surface area contributed by atoms with Crippen LogP contribution in [0.4, 0.5) is 0 Å². The van der Waals surface area contributed by atoms with E-state index < -0.39 is 0 Å². The van der Waals surface area contributed by atoms with Gasteiger partial charge in [-0.25, -0.2) is 0 Å². The van der Waals surface area contributed by atoms with Crippen molar-refractivity contribution in [2.75, 3.05) is 33.2 Å². The number of likely N-dealkylation sites (tertiary alicyclic amines) is 1. The van der Waals surface area contributed by atoms with Gasteiger partial charge in [0.1, 0.15) is 0 Å². The summed E-state index contributed by atoms with van der Waals surface area (Å²) in [7, 11) is 2.02. The Labute approximate surface area is 111 Å². The van der Waals surface area contributed by atoms with E-state index in [4.69, 9.17) is 0 Å². The summed E-state index contributed by atoms with van der Waals surface area (Å²) in [6.45, 7) is 5.74. The van der Waals surface area contributed by atoms with Crippen molar-refractivity contribution in [2.45, 2.75) is 25.4 Å². The number of likely N-dealkylation sites (N-methyl/N-ethyl adjacent to an activating group) is 1. The maximum atomic E-state index is 3.67. The van der Waals surface area contributed by atoms with Gasteiger partial charge in [0.2, 0.25) is 0 Å². The Hall–Kier alpha value is -0.900. The van der Waals surface area contributed by atoms with Gasteiger partial charge in [0.25, 0.3) is 0 Å². The monoisotopic (exact) mass is 247 g/mol. The van der Waals surface area contributed by atoms with Gasteiger partial charge in [-0.2, -0.15) is 0 Å². The van der Waals surface area contributed by atoms with Gasteiger partial charge < -0.3 is 15.5 Å². The molecule has 1 aromatic rings. The Bertz CT molecular complexity index is 318. The average Bonchev–Trinajstić information content (AvgIpc) is 2.45. The van der Waals surface area contributed by atoms with E-state index in [1.165, 1.54) is 38.0 Å². The number of benzene rings is 1. The van der Waals surface area contributed by atoms with Crippen LogP contribution in [0.1, 0.15) is 18.4 Å². The molecule has 0 bridgehead atoms. The van der Waals surface area contributed by atoms with E-state index in [2.05, 4.69) is 45.9 Å². The fourth-order valence-corrected chi connectivity index (χ4v) is 2.49. The van der Waals surface area contributed by atoms with E-state index in [0.717, 1.165) is 13.1 Å². The molecule has 1 aromatic carbocycles. The Kier molecular flexibility index (Phi) is 5.65. The highest BCUT2D eigenvalue weighted by Crippen LogP contribution is 2.10. The molecule has 3 nitrogen and oxygen atoms in total. The van der Waals surface area contributed by atoms with Crippen LogP contribution in [0.3, 0.4) is 0 Å². The van der Waals surface area contributed by atoms with Crippen LogP contribution in [-0.2, 0) is 6.54 Å². The van der Waals surface area contributed by atoms with Crippen molar-refractivity contribution in [3.05, 3.63) is 35.9 Å². The minimum absolute atomic E-state index is 0.691. The van der Waals surface area contributed by atoms with E-state index in [1.54, 1.807) is 0 Å². The zero-order valence-corrected chi connectivity index (χ0v) is 11.4. The maximum absolute atomic E-state index is 3.67. The summed E-state index contributed by atoms with van der Waals surface area (Å²) in [5.41, 5.74) is 1.38. The lowest BCUT2D eigenvalue weighted by molar-refractivity contribution is 0.199. The van der Waals surface area contributed by atoms with Crippen LogP contribution >= 0.6 is 0 Å². The molecule has 1 aliphatic rings. The predicted octanol–water partition coefficient (Wildman–Crippen LogP) is 1.46. The number of nitrogens with zero attached hydrogens (tertiary/aromatic N) is 1. The molecule has 0 spiro atoms. The van der Waals surface area contributed by atoms with Crippen LogP contribution in [0, 0.1) is 0 Å². The zero-order chi connectivity index (χ0) is 12.6. The van der Waals surface area contributed by atoms with Gasteiger partial charge in [-0.1, -0.05) is 30.3 Å². The van der Waals surface area contributed by atoms with Crippen LogP contribution < -0.4 is 10.6 Å². The second kappa shape index (κ2) is 7.52. The van der Waals surface area contributed by atoms with Crippen molar-refractivity contribution < 1.29 is 0 Å². The van der Waals surface area contributed by atoms with Crippen LogP contribution in [0.15, 0.2) is 30.3 Å². The lowest BCUT2D eigenvalue weighted by Crippen LogP contribution is -2.44. The van der Waals surface area contributed by atoms with Gasteiger partial charge in [-0.3, -0.25) is 0 Å². The minimum Gasteiger partial charge on any atom is -0.318 e. The summed E-state index contributed by atoms with van der Waals surface area (Å²) in [6.07, 6.45) is 2.55. The summed E-state index contributed by atoms with van der Waals surface area (Å²) < 4.78 is 0. The first kappa shape index (κ1) is 13.5. The molecule has 18 heavy (non-hydrogen) atoms. The molecule has 0 aliphatic carbocycles. The lowest BCUT2D eigenvalue weighted by Gasteiger charge is -2.32. The Morgan fingerprint density at radius 1 is 1.17 bits per heavy atom. The van der Waals surface area contributed by atoms with Crippen LogP contribution in [0.5, 0.6) is 0 Å². The van der Waals surface area contributed by atoms with E-state index in [1.807, 2.05) is 7.05 Å². The quantitative estimate of drug-likeness (QED) is 0.797. The van der Waals surface area contributed by atoms with Gasteiger partial charge in [0.15, 0.2) is 0 Å². The molecule has 2 N–H and O–H groups in total. The van der Waals surface area contributed by atoms with Gasteiger partial charge >= 0.3 is 0 Å². The molecule has 3 heteroatoms. The second-order valence-corrected chi connectivity index (χ2v) is 5.09. The van der Waals surface area contributed by atoms with Crippen molar-refractivity contribution in [2.24, 2.45) is 0 Å². The third kappa shape index (κ3) is 4.41. The van der Waals surface area contributed by atoms with Gasteiger partial charge in [-0.15, -0.1) is 0 Å². The Balaban J connectivity index is 1.65. The van der Waals surface area contributed by atoms with E-state index in [0.29, 0.717) is 6.04 Å². The van der Waals surface area contributed by atoms with Crippen molar-refractivity contribution >= 4 is 0 Å². The number of rotatable bonds is 6. The van der Waals surface area contributed by atoms with Crippen molar-refractivity contribution in [1.82, 2.24) is 15.5 Å². The number of hydrogen-bond acceptors (Lipinski definition) is 3. The van der Waals surface area contributed by atoms with E-state index >= 15 is 0 Å². The van der Waals surface area contributed by atoms with Gasteiger partial charge in [0.05, 0.1) is 0 Å². The summed E-state index contributed by atoms with van der Waals surface area (Å²) in [6, 6.07) is 11.4. The molecule has 2 rings (SSSR count). The van der Waals surface area contributed by atoms with Crippen molar-refractivity contribution in [3.8, 4) is 0 Å². The van der Waals surface area contributed by atoms with Crippen molar-refractivity contribution in [1.29, 1.82) is 0 Å². The molecular weight excluding hydrogens is 222 g/mol. The summed E-state index contributed by atoms with van der Waals surface area (Å²) in [4.78, 5) is 2.55. The minimum atomic E-state index is 0.691. The zero-order valence-electron chi connectivity index (χ0n) is 11.4. The molecule has 100 valence electrons. The molecular formula is C15H25N3. The summed E-state index contributed by atoms with van der Waals surface area (Å²) >= 11 is 0. The summed E-state index contributed by atoms with van der Waals surface area (Å²) in [5.74, 6) is 0. The van der Waals surface area contributed by atoms with Crippen molar-refractivity contribution in [3.63, 3.8) is 0 Å². The highest BCUT2D eigenvalue weighted by molar-refractivity contribution is 5.14. The van der Waals surface area contributed by atoms with Crippen LogP contribution in [-0.4, -0.2) is 44.2 Å². The second-order valence-electron chi connectivity index (χ2n) is 5.09. The molecule has 0 amide bonds. The highest BCUT2D eigenvalue weighted by Gasteiger charge is 2.17. The first-order chi connectivity index (χ1) is 8.88. The third-order valence-electron chi connectivity index (χ3n) is 3.70. The fraction of sp³-hybridized carbons (Fsp3) is 0.600. The maximum Gasteiger partial charge on any atom is 0.0208 e. The van der Waals surface area contributed by atoms with E-state index in [-0.39, 0.29) is 0 Å². The number of hydrogen-bond donors (Lipinski definition) is 2. The highest BCUT2D eigenvalue weighted by atomic mass is 15.2. The third-order valence-corrected chi connectivity index (χ3v) is 3.70. The van der Waals surface area contributed by atoms with Gasteiger partial charge in [-0.05, 0) is 38.5 Å². The average molecular weight is 247 g/mol. The molecule has 0 radical (unpaired) electrons. The Morgan fingerprint density at radius 2 is 1.89 bits per heavy atom. The molecule has 1 heterocycles. The molecule has 1 fully saturated rings. The van der Waals surface area contributed by atoms with Gasteiger partial charge in [0, 0.05) is 25.7 Å². The molecule has 0 atom stereocenters. The molecule has 1 aliphatic heterocycles. The SMILES string of the molecule is CNCCN1CCC(NCc2ccccc2)CC1.